The van der Waals surface area contributed by atoms with E-state index in [1.165, 1.54) is 24.3 Å². The van der Waals surface area contributed by atoms with Crippen LogP contribution < -0.4 is 5.32 Å². The van der Waals surface area contributed by atoms with Gasteiger partial charge in [-0.1, -0.05) is 60.7 Å². The SMILES string of the molecule is O=C(NCC(F)(F)CO)C(O)(c1ccccc1)c1ccccc1. The van der Waals surface area contributed by atoms with Crippen LogP contribution >= 0.6 is 0 Å². The van der Waals surface area contributed by atoms with Gasteiger partial charge in [-0.25, -0.2) is 8.78 Å². The quantitative estimate of drug-likeness (QED) is 0.758. The zero-order valence-electron chi connectivity index (χ0n) is 12.2. The Morgan fingerprint density at radius 3 is 1.78 bits per heavy atom. The highest BCUT2D eigenvalue weighted by molar-refractivity contribution is 5.90. The van der Waals surface area contributed by atoms with Gasteiger partial charge in [0.25, 0.3) is 11.8 Å². The third-order valence-corrected chi connectivity index (χ3v) is 3.45. The minimum absolute atomic E-state index is 0.260. The molecule has 4 nitrogen and oxygen atoms in total. The molecule has 1 amide bonds. The van der Waals surface area contributed by atoms with E-state index in [0.29, 0.717) is 0 Å². The largest absolute Gasteiger partial charge is 0.390 e. The standard InChI is InChI=1S/C17H17F2NO3/c18-16(19,12-21)11-20-15(22)17(23,13-7-3-1-4-8-13)14-9-5-2-6-10-14/h1-10,21,23H,11-12H2,(H,20,22). The van der Waals surface area contributed by atoms with Crippen molar-refractivity contribution in [2.45, 2.75) is 11.5 Å². The Kier molecular flexibility index (Phi) is 5.08. The van der Waals surface area contributed by atoms with Crippen LogP contribution in [0.5, 0.6) is 0 Å². The molecule has 6 heteroatoms. The molecular formula is C17H17F2NO3. The molecule has 0 aromatic heterocycles. The molecule has 0 fully saturated rings. The van der Waals surface area contributed by atoms with Crippen LogP contribution in [-0.4, -0.2) is 35.2 Å². The number of hydrogen-bond acceptors (Lipinski definition) is 3. The number of aliphatic hydroxyl groups is 2. The Morgan fingerprint density at radius 1 is 0.957 bits per heavy atom. The lowest BCUT2D eigenvalue weighted by molar-refractivity contribution is -0.139. The second-order valence-corrected chi connectivity index (χ2v) is 5.14. The van der Waals surface area contributed by atoms with Gasteiger partial charge in [-0.15, -0.1) is 0 Å². The van der Waals surface area contributed by atoms with E-state index in [1.807, 2.05) is 5.32 Å². The highest BCUT2D eigenvalue weighted by atomic mass is 19.3. The van der Waals surface area contributed by atoms with Gasteiger partial charge >= 0.3 is 0 Å². The maximum Gasteiger partial charge on any atom is 0.287 e. The van der Waals surface area contributed by atoms with Crippen LogP contribution in [0.4, 0.5) is 8.78 Å². The molecule has 23 heavy (non-hydrogen) atoms. The van der Waals surface area contributed by atoms with Crippen molar-refractivity contribution in [1.82, 2.24) is 5.32 Å². The van der Waals surface area contributed by atoms with Crippen LogP contribution in [0.25, 0.3) is 0 Å². The zero-order chi connectivity index (χ0) is 16.9. The first-order valence-corrected chi connectivity index (χ1v) is 7.00. The van der Waals surface area contributed by atoms with Gasteiger partial charge in [0.2, 0.25) is 0 Å². The Balaban J connectivity index is 2.37. The summed E-state index contributed by atoms with van der Waals surface area (Å²) in [5, 5.41) is 21.6. The molecule has 0 aliphatic rings. The number of amides is 1. The van der Waals surface area contributed by atoms with E-state index >= 15 is 0 Å². The summed E-state index contributed by atoms with van der Waals surface area (Å²) in [6, 6.07) is 16.1. The van der Waals surface area contributed by atoms with Crippen molar-refractivity contribution in [1.29, 1.82) is 0 Å². The highest BCUT2D eigenvalue weighted by Gasteiger charge is 2.41. The second kappa shape index (κ2) is 6.85. The van der Waals surface area contributed by atoms with Crippen molar-refractivity contribution in [3.63, 3.8) is 0 Å². The number of aliphatic hydroxyl groups excluding tert-OH is 1. The fourth-order valence-electron chi connectivity index (χ4n) is 2.18. The maximum absolute atomic E-state index is 13.2. The number of rotatable bonds is 6. The van der Waals surface area contributed by atoms with E-state index in [2.05, 4.69) is 0 Å². The lowest BCUT2D eigenvalue weighted by Gasteiger charge is -2.28. The predicted molar refractivity (Wildman–Crippen MR) is 80.9 cm³/mol. The predicted octanol–water partition coefficient (Wildman–Crippen LogP) is 1.67. The third kappa shape index (κ3) is 3.72. The van der Waals surface area contributed by atoms with E-state index in [0.717, 1.165) is 0 Å². The summed E-state index contributed by atoms with van der Waals surface area (Å²) in [4.78, 5) is 12.5. The van der Waals surface area contributed by atoms with Gasteiger partial charge in [-0.3, -0.25) is 4.79 Å². The molecule has 0 aliphatic heterocycles. The van der Waals surface area contributed by atoms with Crippen LogP contribution in [0.15, 0.2) is 60.7 Å². The summed E-state index contributed by atoms with van der Waals surface area (Å²) in [7, 11) is 0. The first kappa shape index (κ1) is 17.1. The number of alkyl halides is 2. The molecule has 0 heterocycles. The Bertz CT molecular complexity index is 608. The van der Waals surface area contributed by atoms with Gasteiger partial charge in [0.1, 0.15) is 6.61 Å². The van der Waals surface area contributed by atoms with Gasteiger partial charge in [0.15, 0.2) is 5.60 Å². The first-order valence-electron chi connectivity index (χ1n) is 7.00. The van der Waals surface area contributed by atoms with Gasteiger partial charge in [0, 0.05) is 0 Å². The van der Waals surface area contributed by atoms with Crippen LogP contribution in [0.3, 0.4) is 0 Å². The lowest BCUT2D eigenvalue weighted by Crippen LogP contribution is -2.49. The average molecular weight is 321 g/mol. The molecule has 122 valence electrons. The molecule has 0 saturated carbocycles. The minimum Gasteiger partial charge on any atom is -0.390 e. The molecule has 0 unspecified atom stereocenters. The number of carbonyl (C=O) groups excluding carboxylic acids is 1. The summed E-state index contributed by atoms with van der Waals surface area (Å²) >= 11 is 0. The van der Waals surface area contributed by atoms with Crippen molar-refractivity contribution < 1.29 is 23.8 Å². The molecular weight excluding hydrogens is 304 g/mol. The van der Waals surface area contributed by atoms with Crippen LogP contribution in [0, 0.1) is 0 Å². The van der Waals surface area contributed by atoms with Crippen molar-refractivity contribution in [3.05, 3.63) is 71.8 Å². The average Bonchev–Trinajstić information content (AvgIpc) is 2.60. The van der Waals surface area contributed by atoms with Crippen molar-refractivity contribution >= 4 is 5.91 Å². The molecule has 2 rings (SSSR count). The normalized spacial score (nSPS) is 12.0. The zero-order valence-corrected chi connectivity index (χ0v) is 12.2. The monoisotopic (exact) mass is 321 g/mol. The summed E-state index contributed by atoms with van der Waals surface area (Å²) in [6.07, 6.45) is 0. The van der Waals surface area contributed by atoms with E-state index in [9.17, 15) is 18.7 Å². The molecule has 0 atom stereocenters. The molecule has 0 spiro atoms. The molecule has 0 saturated heterocycles. The third-order valence-electron chi connectivity index (χ3n) is 3.45. The fourth-order valence-corrected chi connectivity index (χ4v) is 2.18. The van der Waals surface area contributed by atoms with E-state index in [1.54, 1.807) is 36.4 Å². The van der Waals surface area contributed by atoms with Gasteiger partial charge < -0.3 is 15.5 Å². The Labute approximate surface area is 132 Å². The highest BCUT2D eigenvalue weighted by Crippen LogP contribution is 2.30. The summed E-state index contributed by atoms with van der Waals surface area (Å²) in [5.74, 6) is -4.44. The lowest BCUT2D eigenvalue weighted by atomic mass is 9.85. The smallest absolute Gasteiger partial charge is 0.287 e. The van der Waals surface area contributed by atoms with Crippen LogP contribution in [0.1, 0.15) is 11.1 Å². The van der Waals surface area contributed by atoms with Crippen molar-refractivity contribution in [3.8, 4) is 0 Å². The number of benzene rings is 2. The van der Waals surface area contributed by atoms with Gasteiger partial charge in [0.05, 0.1) is 6.54 Å². The number of carbonyl (C=O) groups is 1. The molecule has 0 bridgehead atoms. The molecule has 0 radical (unpaired) electrons. The van der Waals surface area contributed by atoms with Crippen molar-refractivity contribution in [2.75, 3.05) is 13.2 Å². The maximum atomic E-state index is 13.2. The van der Waals surface area contributed by atoms with E-state index in [4.69, 9.17) is 5.11 Å². The Morgan fingerprint density at radius 2 is 1.39 bits per heavy atom. The van der Waals surface area contributed by atoms with E-state index < -0.39 is 30.6 Å². The van der Waals surface area contributed by atoms with E-state index in [-0.39, 0.29) is 11.1 Å². The number of nitrogens with one attached hydrogen (secondary N) is 1. The molecule has 2 aromatic carbocycles. The molecule has 2 aromatic rings. The summed E-state index contributed by atoms with van der Waals surface area (Å²) in [6.45, 7) is -2.45. The number of halogens is 2. The Hall–Kier alpha value is -2.31. The van der Waals surface area contributed by atoms with Gasteiger partial charge in [-0.2, -0.15) is 0 Å². The van der Waals surface area contributed by atoms with Crippen LogP contribution in [0.2, 0.25) is 0 Å². The van der Waals surface area contributed by atoms with Crippen LogP contribution in [-0.2, 0) is 10.4 Å². The minimum atomic E-state index is -3.45. The fraction of sp³-hybridized carbons (Fsp3) is 0.235. The number of hydrogen-bond donors (Lipinski definition) is 3. The second-order valence-electron chi connectivity index (χ2n) is 5.14. The van der Waals surface area contributed by atoms with Gasteiger partial charge in [-0.05, 0) is 11.1 Å². The summed E-state index contributed by atoms with van der Waals surface area (Å²) < 4.78 is 26.3. The first-order chi connectivity index (χ1) is 10.9. The topological polar surface area (TPSA) is 69.6 Å². The molecule has 3 N–H and O–H groups in total. The summed E-state index contributed by atoms with van der Waals surface area (Å²) in [5.41, 5.74) is -1.58. The molecule has 0 aliphatic carbocycles. The van der Waals surface area contributed by atoms with Crippen molar-refractivity contribution in [2.24, 2.45) is 0 Å².